The number of amides is 1. The maximum atomic E-state index is 12.1. The first-order chi connectivity index (χ1) is 14.7. The van der Waals surface area contributed by atoms with E-state index in [-0.39, 0.29) is 5.91 Å². The van der Waals surface area contributed by atoms with Crippen molar-refractivity contribution >= 4 is 34.5 Å². The summed E-state index contributed by atoms with van der Waals surface area (Å²) in [6, 6.07) is 28.6. The summed E-state index contributed by atoms with van der Waals surface area (Å²) in [4.78, 5) is 12.1. The van der Waals surface area contributed by atoms with E-state index in [1.54, 1.807) is 30.5 Å². The summed E-state index contributed by atoms with van der Waals surface area (Å²) in [5, 5.41) is 6.98. The van der Waals surface area contributed by atoms with Crippen LogP contribution in [0.15, 0.2) is 96.1 Å². The Morgan fingerprint density at radius 1 is 0.933 bits per heavy atom. The third-order valence-electron chi connectivity index (χ3n) is 4.62. The van der Waals surface area contributed by atoms with Gasteiger partial charge in [-0.2, -0.15) is 5.10 Å². The second-order valence-electron chi connectivity index (χ2n) is 6.71. The summed E-state index contributed by atoms with van der Waals surface area (Å²) in [5.41, 5.74) is 4.95. The lowest BCUT2D eigenvalue weighted by Crippen LogP contribution is -2.17. The number of hydrogen-bond acceptors (Lipinski definition) is 3. The van der Waals surface area contributed by atoms with E-state index in [0.29, 0.717) is 17.2 Å². The maximum Gasteiger partial charge on any atom is 0.271 e. The molecule has 4 rings (SSSR count). The Balaban J connectivity index is 1.39. The second kappa shape index (κ2) is 9.25. The van der Waals surface area contributed by atoms with E-state index in [9.17, 15) is 4.79 Å². The zero-order chi connectivity index (χ0) is 20.8. The Bertz CT molecular complexity index is 1200. The smallest absolute Gasteiger partial charge is 0.271 e. The van der Waals surface area contributed by atoms with Gasteiger partial charge in [-0.1, -0.05) is 66.2 Å². The van der Waals surface area contributed by atoms with Crippen LogP contribution in [-0.2, 0) is 6.61 Å². The minimum absolute atomic E-state index is 0.300. The fourth-order valence-electron chi connectivity index (χ4n) is 3.10. The van der Waals surface area contributed by atoms with E-state index in [1.807, 2.05) is 42.5 Å². The van der Waals surface area contributed by atoms with Gasteiger partial charge < -0.3 is 4.74 Å². The Morgan fingerprint density at radius 2 is 1.70 bits per heavy atom. The summed E-state index contributed by atoms with van der Waals surface area (Å²) < 4.78 is 5.99. The molecule has 4 nitrogen and oxygen atoms in total. The number of hydrazone groups is 1. The number of hydrogen-bond donors (Lipinski definition) is 1. The topological polar surface area (TPSA) is 50.7 Å². The number of carbonyl (C=O) groups excluding carboxylic acids is 1. The Kier molecular flexibility index (Phi) is 6.06. The van der Waals surface area contributed by atoms with Crippen LogP contribution in [0.25, 0.3) is 10.8 Å². The molecule has 0 atom stereocenters. The number of nitrogens with zero attached hydrogens (tertiary/aromatic N) is 1. The van der Waals surface area contributed by atoms with E-state index in [1.165, 1.54) is 10.8 Å². The molecule has 0 aromatic heterocycles. The van der Waals surface area contributed by atoms with Gasteiger partial charge in [0.25, 0.3) is 5.91 Å². The van der Waals surface area contributed by atoms with Crippen LogP contribution in [0.5, 0.6) is 5.75 Å². The molecule has 4 aromatic rings. The zero-order valence-electron chi connectivity index (χ0n) is 16.1. The molecule has 0 aliphatic rings. The summed E-state index contributed by atoms with van der Waals surface area (Å²) in [6.07, 6.45) is 1.58. The van der Waals surface area contributed by atoms with Gasteiger partial charge in [-0.05, 0) is 58.3 Å². The second-order valence-corrected chi connectivity index (χ2v) is 7.14. The average Bonchev–Trinajstić information content (AvgIpc) is 2.78. The third kappa shape index (κ3) is 4.85. The van der Waals surface area contributed by atoms with Crippen LogP contribution in [0.2, 0.25) is 5.02 Å². The summed E-state index contributed by atoms with van der Waals surface area (Å²) in [7, 11) is 0. The molecule has 0 spiro atoms. The first-order valence-electron chi connectivity index (χ1n) is 9.47. The van der Waals surface area contributed by atoms with Crippen molar-refractivity contribution in [3.8, 4) is 5.75 Å². The molecule has 0 unspecified atom stereocenters. The SMILES string of the molecule is O=C(N/N=C\c1cccc(OCc2cccc3ccccc23)c1)c1ccc(Cl)cc1. The fourth-order valence-corrected chi connectivity index (χ4v) is 3.22. The molecule has 0 saturated heterocycles. The molecule has 0 heterocycles. The van der Waals surface area contributed by atoms with Crippen LogP contribution in [0, 0.1) is 0 Å². The molecule has 4 aromatic carbocycles. The summed E-state index contributed by atoms with van der Waals surface area (Å²) in [6.45, 7) is 0.468. The number of nitrogens with one attached hydrogen (secondary N) is 1. The van der Waals surface area contributed by atoms with Crippen molar-refractivity contribution in [2.45, 2.75) is 6.61 Å². The Hall–Kier alpha value is -3.63. The molecule has 30 heavy (non-hydrogen) atoms. The zero-order valence-corrected chi connectivity index (χ0v) is 16.8. The molecule has 0 radical (unpaired) electrons. The van der Waals surface area contributed by atoms with Crippen molar-refractivity contribution in [1.82, 2.24) is 5.43 Å². The van der Waals surface area contributed by atoms with Crippen molar-refractivity contribution in [2.75, 3.05) is 0 Å². The van der Waals surface area contributed by atoms with E-state index in [4.69, 9.17) is 16.3 Å². The van der Waals surface area contributed by atoms with Crippen LogP contribution in [0.1, 0.15) is 21.5 Å². The fraction of sp³-hybridized carbons (Fsp3) is 0.0400. The van der Waals surface area contributed by atoms with E-state index < -0.39 is 0 Å². The van der Waals surface area contributed by atoms with Crippen molar-refractivity contribution in [3.63, 3.8) is 0 Å². The first kappa shape index (κ1) is 19.7. The minimum atomic E-state index is -0.300. The largest absolute Gasteiger partial charge is 0.489 e. The maximum absolute atomic E-state index is 12.1. The van der Waals surface area contributed by atoms with Gasteiger partial charge in [-0.15, -0.1) is 0 Å². The summed E-state index contributed by atoms with van der Waals surface area (Å²) >= 11 is 5.84. The lowest BCUT2D eigenvalue weighted by atomic mass is 10.1. The molecule has 1 amide bonds. The molecule has 0 aliphatic heterocycles. The molecule has 0 aliphatic carbocycles. The highest BCUT2D eigenvalue weighted by Crippen LogP contribution is 2.21. The Labute approximate surface area is 179 Å². The van der Waals surface area contributed by atoms with Crippen LogP contribution >= 0.6 is 11.6 Å². The van der Waals surface area contributed by atoms with Gasteiger partial charge in [-0.3, -0.25) is 4.79 Å². The lowest BCUT2D eigenvalue weighted by molar-refractivity contribution is 0.0955. The molecule has 0 fully saturated rings. The van der Waals surface area contributed by atoms with Gasteiger partial charge in [0.15, 0.2) is 0 Å². The van der Waals surface area contributed by atoms with Crippen LogP contribution < -0.4 is 10.2 Å². The van der Waals surface area contributed by atoms with E-state index >= 15 is 0 Å². The highest BCUT2D eigenvalue weighted by Gasteiger charge is 2.04. The molecule has 0 saturated carbocycles. The molecular weight excluding hydrogens is 396 g/mol. The molecule has 148 valence electrons. The van der Waals surface area contributed by atoms with Gasteiger partial charge >= 0.3 is 0 Å². The quantitative estimate of drug-likeness (QED) is 0.318. The number of carbonyl (C=O) groups is 1. The summed E-state index contributed by atoms with van der Waals surface area (Å²) in [5.74, 6) is 0.433. The molecule has 5 heteroatoms. The number of halogens is 1. The standard InChI is InChI=1S/C25H19ClN2O2/c26-22-13-11-20(12-14-22)25(29)28-27-16-18-5-3-9-23(15-18)30-17-21-8-4-7-19-6-1-2-10-24(19)21/h1-16H,17H2,(H,28,29)/b27-16-. The molecule has 0 bridgehead atoms. The Morgan fingerprint density at radius 3 is 2.57 bits per heavy atom. The van der Waals surface area contributed by atoms with Crippen LogP contribution in [0.3, 0.4) is 0 Å². The van der Waals surface area contributed by atoms with E-state index in [2.05, 4.69) is 34.8 Å². The van der Waals surface area contributed by atoms with Gasteiger partial charge in [-0.25, -0.2) is 5.43 Å². The van der Waals surface area contributed by atoms with Crippen LogP contribution in [-0.4, -0.2) is 12.1 Å². The van der Waals surface area contributed by atoms with Crippen molar-refractivity contribution in [3.05, 3.63) is 113 Å². The third-order valence-corrected chi connectivity index (χ3v) is 4.87. The number of ether oxygens (including phenoxy) is 1. The number of rotatable bonds is 6. The highest BCUT2D eigenvalue weighted by atomic mass is 35.5. The van der Waals surface area contributed by atoms with Crippen molar-refractivity contribution in [2.24, 2.45) is 5.10 Å². The monoisotopic (exact) mass is 414 g/mol. The number of fused-ring (bicyclic) bond motifs is 1. The first-order valence-corrected chi connectivity index (χ1v) is 9.85. The molecule has 1 N–H and O–H groups in total. The van der Waals surface area contributed by atoms with Gasteiger partial charge in [0.05, 0.1) is 6.21 Å². The minimum Gasteiger partial charge on any atom is -0.489 e. The van der Waals surface area contributed by atoms with Gasteiger partial charge in [0, 0.05) is 10.6 Å². The van der Waals surface area contributed by atoms with Gasteiger partial charge in [0.1, 0.15) is 12.4 Å². The van der Waals surface area contributed by atoms with E-state index in [0.717, 1.165) is 16.9 Å². The van der Waals surface area contributed by atoms with Gasteiger partial charge in [0.2, 0.25) is 0 Å². The number of benzene rings is 4. The predicted octanol–water partition coefficient (Wildman–Crippen LogP) is 5.84. The lowest BCUT2D eigenvalue weighted by Gasteiger charge is -2.09. The van der Waals surface area contributed by atoms with Crippen LogP contribution in [0.4, 0.5) is 0 Å². The normalized spacial score (nSPS) is 11.0. The van der Waals surface area contributed by atoms with Crippen molar-refractivity contribution < 1.29 is 9.53 Å². The predicted molar refractivity (Wildman–Crippen MR) is 121 cm³/mol. The molecular formula is C25H19ClN2O2. The highest BCUT2D eigenvalue weighted by molar-refractivity contribution is 6.30. The van der Waals surface area contributed by atoms with Crippen molar-refractivity contribution in [1.29, 1.82) is 0 Å². The average molecular weight is 415 g/mol.